The van der Waals surface area contributed by atoms with Crippen LogP contribution in [-0.4, -0.2) is 42.4 Å². The topological polar surface area (TPSA) is 75.7 Å². The molecule has 29 heavy (non-hydrogen) atoms. The number of likely N-dealkylation sites (tertiary alicyclic amines) is 1. The van der Waals surface area contributed by atoms with E-state index in [9.17, 15) is 14.4 Å². The molecule has 2 aromatic carbocycles. The summed E-state index contributed by atoms with van der Waals surface area (Å²) in [7, 11) is 0. The predicted octanol–water partition coefficient (Wildman–Crippen LogP) is 2.89. The fraction of sp³-hybridized carbons (Fsp3) is 0.348. The lowest BCUT2D eigenvalue weighted by molar-refractivity contribution is -0.128. The Hall–Kier alpha value is -3.15. The molecule has 1 heterocycles. The monoisotopic (exact) mass is 394 g/mol. The van der Waals surface area contributed by atoms with Gasteiger partial charge in [0.25, 0.3) is 5.91 Å². The number of amides is 2. The lowest BCUT2D eigenvalue weighted by atomic mass is 10.0. The minimum absolute atomic E-state index is 0.168. The predicted molar refractivity (Wildman–Crippen MR) is 109 cm³/mol. The zero-order valence-corrected chi connectivity index (χ0v) is 16.6. The van der Waals surface area contributed by atoms with Crippen LogP contribution in [0.3, 0.4) is 0 Å². The molecule has 1 atom stereocenters. The fourth-order valence-corrected chi connectivity index (χ4v) is 3.27. The van der Waals surface area contributed by atoms with Crippen molar-refractivity contribution in [2.45, 2.75) is 32.2 Å². The Labute approximate surface area is 170 Å². The molecule has 2 aromatic rings. The lowest BCUT2D eigenvalue weighted by Crippen LogP contribution is -2.31. The van der Waals surface area contributed by atoms with Gasteiger partial charge in [-0.05, 0) is 35.6 Å². The number of ether oxygens (including phenoxy) is 1. The summed E-state index contributed by atoms with van der Waals surface area (Å²) in [5.41, 5.74) is 2.48. The van der Waals surface area contributed by atoms with Crippen molar-refractivity contribution in [1.29, 1.82) is 0 Å². The third-order valence-electron chi connectivity index (χ3n) is 5.04. The summed E-state index contributed by atoms with van der Waals surface area (Å²) < 4.78 is 5.10. The summed E-state index contributed by atoms with van der Waals surface area (Å²) in [6.07, 6.45) is 1.51. The summed E-state index contributed by atoms with van der Waals surface area (Å²) in [6.45, 7) is 3.52. The lowest BCUT2D eigenvalue weighted by Gasteiger charge is -2.15. The van der Waals surface area contributed by atoms with E-state index in [1.54, 1.807) is 12.1 Å². The third kappa shape index (κ3) is 5.91. The highest BCUT2D eigenvalue weighted by Crippen LogP contribution is 2.15. The van der Waals surface area contributed by atoms with E-state index in [0.717, 1.165) is 24.1 Å². The Bertz CT molecular complexity index is 849. The molecule has 1 fully saturated rings. The molecular formula is C23H26N2O4. The van der Waals surface area contributed by atoms with Crippen molar-refractivity contribution in [2.75, 3.05) is 19.7 Å². The quantitative estimate of drug-likeness (QED) is 0.699. The normalized spacial score (nSPS) is 14.5. The van der Waals surface area contributed by atoms with E-state index < -0.39 is 5.97 Å². The second-order valence-corrected chi connectivity index (χ2v) is 7.31. The summed E-state index contributed by atoms with van der Waals surface area (Å²) in [4.78, 5) is 37.6. The van der Waals surface area contributed by atoms with Gasteiger partial charge in [-0.25, -0.2) is 4.79 Å². The van der Waals surface area contributed by atoms with Gasteiger partial charge in [-0.3, -0.25) is 9.59 Å². The van der Waals surface area contributed by atoms with E-state index in [-0.39, 0.29) is 24.3 Å². The Morgan fingerprint density at radius 2 is 1.83 bits per heavy atom. The maximum Gasteiger partial charge on any atom is 0.338 e. The molecule has 1 saturated heterocycles. The SMILES string of the molecule is C[C@@H](CNC(=O)COC(=O)c1ccc(CN2CCCC2=O)cc1)c1ccccc1. The van der Waals surface area contributed by atoms with Crippen molar-refractivity contribution in [1.82, 2.24) is 10.2 Å². The summed E-state index contributed by atoms with van der Waals surface area (Å²) in [5.74, 6) is -0.530. The highest BCUT2D eigenvalue weighted by Gasteiger charge is 2.20. The summed E-state index contributed by atoms with van der Waals surface area (Å²) >= 11 is 0. The number of nitrogens with zero attached hydrogens (tertiary/aromatic N) is 1. The number of carbonyl (C=O) groups excluding carboxylic acids is 3. The molecule has 2 amide bonds. The van der Waals surface area contributed by atoms with Crippen molar-refractivity contribution < 1.29 is 19.1 Å². The van der Waals surface area contributed by atoms with Crippen LogP contribution in [0, 0.1) is 0 Å². The van der Waals surface area contributed by atoms with Crippen LogP contribution in [0.15, 0.2) is 54.6 Å². The van der Waals surface area contributed by atoms with E-state index in [1.165, 1.54) is 0 Å². The highest BCUT2D eigenvalue weighted by molar-refractivity contribution is 5.91. The van der Waals surface area contributed by atoms with Gasteiger partial charge in [0, 0.05) is 26.1 Å². The van der Waals surface area contributed by atoms with Crippen LogP contribution in [0.25, 0.3) is 0 Å². The number of carbonyl (C=O) groups is 3. The van der Waals surface area contributed by atoms with Crippen LogP contribution < -0.4 is 5.32 Å². The second-order valence-electron chi connectivity index (χ2n) is 7.31. The van der Waals surface area contributed by atoms with Crippen molar-refractivity contribution in [3.05, 3.63) is 71.3 Å². The number of benzene rings is 2. The zero-order valence-electron chi connectivity index (χ0n) is 16.6. The molecule has 0 spiro atoms. The molecule has 0 aromatic heterocycles. The Morgan fingerprint density at radius 3 is 2.48 bits per heavy atom. The summed E-state index contributed by atoms with van der Waals surface area (Å²) in [5, 5.41) is 2.79. The van der Waals surface area contributed by atoms with Gasteiger partial charge in [0.05, 0.1) is 5.56 Å². The Kier molecular flexibility index (Phi) is 7.00. The van der Waals surface area contributed by atoms with Crippen LogP contribution in [-0.2, 0) is 20.9 Å². The molecule has 0 saturated carbocycles. The van der Waals surface area contributed by atoms with E-state index >= 15 is 0 Å². The van der Waals surface area contributed by atoms with Crippen LogP contribution in [0.1, 0.15) is 47.2 Å². The van der Waals surface area contributed by atoms with Gasteiger partial charge in [-0.1, -0.05) is 49.4 Å². The number of rotatable bonds is 8. The molecule has 3 rings (SSSR count). The molecule has 0 aliphatic carbocycles. The molecule has 6 heteroatoms. The molecule has 1 aliphatic heterocycles. The molecule has 0 radical (unpaired) electrons. The minimum atomic E-state index is -0.542. The van der Waals surface area contributed by atoms with Gasteiger partial charge in [0.2, 0.25) is 5.91 Å². The number of nitrogens with one attached hydrogen (secondary N) is 1. The molecule has 6 nitrogen and oxygen atoms in total. The van der Waals surface area contributed by atoms with E-state index in [4.69, 9.17) is 4.74 Å². The van der Waals surface area contributed by atoms with Crippen molar-refractivity contribution in [2.24, 2.45) is 0 Å². The average molecular weight is 394 g/mol. The second kappa shape index (κ2) is 9.87. The van der Waals surface area contributed by atoms with Gasteiger partial charge in [0.1, 0.15) is 0 Å². The maximum absolute atomic E-state index is 12.1. The number of hydrogen-bond acceptors (Lipinski definition) is 4. The van der Waals surface area contributed by atoms with Crippen LogP contribution >= 0.6 is 0 Å². The molecule has 0 unspecified atom stereocenters. The first-order valence-electron chi connectivity index (χ1n) is 9.88. The van der Waals surface area contributed by atoms with Gasteiger partial charge >= 0.3 is 5.97 Å². The molecule has 152 valence electrons. The first kappa shape index (κ1) is 20.6. The highest BCUT2D eigenvalue weighted by atomic mass is 16.5. The first-order valence-corrected chi connectivity index (χ1v) is 9.88. The van der Waals surface area contributed by atoms with E-state index in [0.29, 0.717) is 25.1 Å². The van der Waals surface area contributed by atoms with Gasteiger partial charge in [-0.2, -0.15) is 0 Å². The molecule has 0 bridgehead atoms. The maximum atomic E-state index is 12.1. The average Bonchev–Trinajstić information content (AvgIpc) is 3.15. The molecule has 1 aliphatic rings. The van der Waals surface area contributed by atoms with Crippen molar-refractivity contribution >= 4 is 17.8 Å². The standard InChI is InChI=1S/C23H26N2O4/c1-17(19-6-3-2-4-7-19)14-24-21(26)16-29-23(28)20-11-9-18(10-12-20)15-25-13-5-8-22(25)27/h2-4,6-7,9-12,17H,5,8,13-16H2,1H3,(H,24,26)/t17-/m0/s1. The van der Waals surface area contributed by atoms with Gasteiger partial charge < -0.3 is 15.0 Å². The van der Waals surface area contributed by atoms with Crippen LogP contribution in [0.5, 0.6) is 0 Å². The Balaban J connectivity index is 1.41. The molecule has 1 N–H and O–H groups in total. The first-order chi connectivity index (χ1) is 14.0. The van der Waals surface area contributed by atoms with Crippen LogP contribution in [0.4, 0.5) is 0 Å². The van der Waals surface area contributed by atoms with Gasteiger partial charge in [0.15, 0.2) is 6.61 Å². The van der Waals surface area contributed by atoms with E-state index in [2.05, 4.69) is 5.32 Å². The smallest absolute Gasteiger partial charge is 0.338 e. The number of hydrogen-bond donors (Lipinski definition) is 1. The minimum Gasteiger partial charge on any atom is -0.452 e. The van der Waals surface area contributed by atoms with Crippen LogP contribution in [0.2, 0.25) is 0 Å². The Morgan fingerprint density at radius 1 is 1.10 bits per heavy atom. The fourth-order valence-electron chi connectivity index (χ4n) is 3.27. The van der Waals surface area contributed by atoms with Gasteiger partial charge in [-0.15, -0.1) is 0 Å². The summed E-state index contributed by atoms with van der Waals surface area (Å²) in [6, 6.07) is 16.8. The zero-order chi connectivity index (χ0) is 20.6. The van der Waals surface area contributed by atoms with Crippen molar-refractivity contribution in [3.63, 3.8) is 0 Å². The number of esters is 1. The largest absolute Gasteiger partial charge is 0.452 e. The third-order valence-corrected chi connectivity index (χ3v) is 5.04. The van der Waals surface area contributed by atoms with E-state index in [1.807, 2.05) is 54.3 Å². The molecular weight excluding hydrogens is 368 g/mol. The van der Waals surface area contributed by atoms with Crippen molar-refractivity contribution in [3.8, 4) is 0 Å².